The van der Waals surface area contributed by atoms with Crippen molar-refractivity contribution in [2.24, 2.45) is 28.6 Å². The highest BCUT2D eigenvalue weighted by Crippen LogP contribution is 2.62. The van der Waals surface area contributed by atoms with E-state index >= 15 is 0 Å². The highest BCUT2D eigenvalue weighted by Gasteiger charge is 2.57. The largest absolute Gasteiger partial charge is 0.481 e. The van der Waals surface area contributed by atoms with Crippen molar-refractivity contribution in [1.82, 2.24) is 0 Å². The van der Waals surface area contributed by atoms with Crippen LogP contribution in [0, 0.1) is 28.6 Å². The molecule has 0 heterocycles. The Labute approximate surface area is 141 Å². The number of carbonyl (C=O) groups is 1. The number of carboxylic acids is 1. The Balaban J connectivity index is 2.31. The third kappa shape index (κ3) is 3.09. The lowest BCUT2D eigenvalue weighted by Crippen LogP contribution is -2.54. The lowest BCUT2D eigenvalue weighted by Gasteiger charge is -2.57. The van der Waals surface area contributed by atoms with Gasteiger partial charge in [0, 0.05) is 0 Å². The van der Waals surface area contributed by atoms with Crippen LogP contribution >= 0.6 is 0 Å². The second kappa shape index (κ2) is 6.58. The molecular formula is C20H34O3. The molecule has 2 saturated carbocycles. The second-order valence-corrected chi connectivity index (χ2v) is 8.57. The molecule has 6 atom stereocenters. The summed E-state index contributed by atoms with van der Waals surface area (Å²) in [4.78, 5) is 12.0. The first-order valence-corrected chi connectivity index (χ1v) is 9.26. The molecule has 2 rings (SSSR count). The Morgan fingerprint density at radius 3 is 2.61 bits per heavy atom. The molecule has 0 saturated heterocycles. The third-order valence-corrected chi connectivity index (χ3v) is 7.29. The van der Waals surface area contributed by atoms with E-state index in [-0.39, 0.29) is 29.3 Å². The van der Waals surface area contributed by atoms with Crippen LogP contribution in [0.25, 0.3) is 0 Å². The zero-order valence-electron chi connectivity index (χ0n) is 15.3. The maximum atomic E-state index is 12.0. The van der Waals surface area contributed by atoms with Crippen LogP contribution < -0.4 is 0 Å². The summed E-state index contributed by atoms with van der Waals surface area (Å²) >= 11 is 0. The van der Waals surface area contributed by atoms with Gasteiger partial charge in [0.25, 0.3) is 0 Å². The van der Waals surface area contributed by atoms with Crippen LogP contribution in [-0.4, -0.2) is 22.3 Å². The highest BCUT2D eigenvalue weighted by molar-refractivity contribution is 5.75. The van der Waals surface area contributed by atoms with Gasteiger partial charge in [-0.15, -0.1) is 0 Å². The fourth-order valence-corrected chi connectivity index (χ4v) is 5.39. The Kier molecular flexibility index (Phi) is 5.30. The van der Waals surface area contributed by atoms with E-state index < -0.39 is 11.4 Å². The summed E-state index contributed by atoms with van der Waals surface area (Å²) in [6, 6.07) is 0. The fraction of sp³-hybridized carbons (Fsp3) is 0.850. The van der Waals surface area contributed by atoms with Crippen molar-refractivity contribution >= 4 is 5.97 Å². The van der Waals surface area contributed by atoms with Gasteiger partial charge in [0.05, 0.1) is 11.5 Å². The molecule has 0 aromatic carbocycles. The molecule has 0 aromatic heterocycles. The topological polar surface area (TPSA) is 57.5 Å². The van der Waals surface area contributed by atoms with Gasteiger partial charge < -0.3 is 10.2 Å². The molecule has 3 nitrogen and oxygen atoms in total. The molecule has 23 heavy (non-hydrogen) atoms. The van der Waals surface area contributed by atoms with Gasteiger partial charge in [-0.3, -0.25) is 4.79 Å². The minimum absolute atomic E-state index is 0.0465. The van der Waals surface area contributed by atoms with Gasteiger partial charge in [-0.25, -0.2) is 0 Å². The van der Waals surface area contributed by atoms with E-state index in [4.69, 9.17) is 0 Å². The summed E-state index contributed by atoms with van der Waals surface area (Å²) in [7, 11) is 0. The molecule has 0 bridgehead atoms. The van der Waals surface area contributed by atoms with Crippen molar-refractivity contribution in [2.45, 2.75) is 78.7 Å². The van der Waals surface area contributed by atoms with E-state index in [1.807, 2.05) is 6.92 Å². The van der Waals surface area contributed by atoms with Gasteiger partial charge in [-0.2, -0.15) is 0 Å². The Morgan fingerprint density at radius 1 is 1.39 bits per heavy atom. The third-order valence-electron chi connectivity index (χ3n) is 7.29. The zero-order valence-corrected chi connectivity index (χ0v) is 15.3. The molecule has 0 amide bonds. The van der Waals surface area contributed by atoms with Crippen LogP contribution in [0.4, 0.5) is 0 Å². The molecule has 0 spiro atoms. The summed E-state index contributed by atoms with van der Waals surface area (Å²) < 4.78 is 0. The number of allylic oxidation sites excluding steroid dienone is 1. The quantitative estimate of drug-likeness (QED) is 0.725. The highest BCUT2D eigenvalue weighted by atomic mass is 16.4. The number of hydrogen-bond acceptors (Lipinski definition) is 2. The second-order valence-electron chi connectivity index (χ2n) is 8.57. The maximum Gasteiger partial charge on any atom is 0.309 e. The van der Waals surface area contributed by atoms with E-state index in [0.717, 1.165) is 44.9 Å². The van der Waals surface area contributed by atoms with E-state index in [2.05, 4.69) is 27.4 Å². The van der Waals surface area contributed by atoms with Crippen molar-refractivity contribution in [2.75, 3.05) is 0 Å². The van der Waals surface area contributed by atoms with Crippen LogP contribution in [0.3, 0.4) is 0 Å². The summed E-state index contributed by atoms with van der Waals surface area (Å²) in [6.45, 7) is 12.7. The van der Waals surface area contributed by atoms with Crippen LogP contribution in [0.2, 0.25) is 0 Å². The molecule has 0 aliphatic heterocycles. The number of rotatable bonds is 5. The summed E-state index contributed by atoms with van der Waals surface area (Å²) in [5.41, 5.74) is 0.545. The minimum atomic E-state index is -0.651. The van der Waals surface area contributed by atoms with Crippen molar-refractivity contribution < 1.29 is 15.0 Å². The Hall–Kier alpha value is -0.830. The van der Waals surface area contributed by atoms with Crippen LogP contribution in [-0.2, 0) is 4.79 Å². The molecule has 2 aliphatic carbocycles. The predicted molar refractivity (Wildman–Crippen MR) is 93.1 cm³/mol. The van der Waals surface area contributed by atoms with Crippen molar-refractivity contribution in [3.63, 3.8) is 0 Å². The molecule has 2 fully saturated rings. The number of fused-ring (bicyclic) bond motifs is 1. The van der Waals surface area contributed by atoms with Crippen molar-refractivity contribution in [1.29, 1.82) is 0 Å². The molecule has 3 heteroatoms. The van der Waals surface area contributed by atoms with Gasteiger partial charge in [-0.05, 0) is 62.2 Å². The monoisotopic (exact) mass is 322 g/mol. The van der Waals surface area contributed by atoms with Crippen LogP contribution in [0.5, 0.6) is 0 Å². The molecule has 0 aromatic rings. The van der Waals surface area contributed by atoms with E-state index in [1.54, 1.807) is 0 Å². The lowest BCUT2D eigenvalue weighted by atomic mass is 9.46. The van der Waals surface area contributed by atoms with Gasteiger partial charge in [-0.1, -0.05) is 45.8 Å². The standard InChI is InChI=1S/C20H34O3/c1-6-13(2)16(21)12-15-14(3)8-9-17-19(15,4)10-7-11-20(17,5)18(22)23/h13,15-17,21H,3,6-12H2,1-2,4-5H3,(H,22,23)/t13-,15+,16-,17+,19+,20-/m0/s1. The first-order chi connectivity index (χ1) is 10.7. The van der Waals surface area contributed by atoms with Gasteiger partial charge in [0.15, 0.2) is 0 Å². The first-order valence-electron chi connectivity index (χ1n) is 9.26. The molecular weight excluding hydrogens is 288 g/mol. The summed E-state index contributed by atoms with van der Waals surface area (Å²) in [5, 5.41) is 20.4. The van der Waals surface area contributed by atoms with Gasteiger partial charge in [0.2, 0.25) is 0 Å². The maximum absolute atomic E-state index is 12.0. The van der Waals surface area contributed by atoms with Crippen LogP contribution in [0.1, 0.15) is 72.6 Å². The Morgan fingerprint density at radius 2 is 2.04 bits per heavy atom. The van der Waals surface area contributed by atoms with E-state index in [9.17, 15) is 15.0 Å². The Bertz CT molecular complexity index is 472. The average molecular weight is 322 g/mol. The first kappa shape index (κ1) is 18.5. The number of aliphatic hydroxyl groups excluding tert-OH is 1. The van der Waals surface area contributed by atoms with Gasteiger partial charge in [0.1, 0.15) is 0 Å². The number of hydrogen-bond donors (Lipinski definition) is 2. The fourth-order valence-electron chi connectivity index (χ4n) is 5.39. The molecule has 2 aliphatic rings. The van der Waals surface area contributed by atoms with E-state index in [0.29, 0.717) is 0 Å². The number of aliphatic carboxylic acids is 1. The molecule has 2 N–H and O–H groups in total. The number of aliphatic hydroxyl groups is 1. The van der Waals surface area contributed by atoms with Gasteiger partial charge >= 0.3 is 5.97 Å². The summed E-state index contributed by atoms with van der Waals surface area (Å²) in [6.07, 6.45) is 5.99. The molecule has 0 unspecified atom stereocenters. The lowest BCUT2D eigenvalue weighted by molar-refractivity contribution is -0.164. The molecule has 132 valence electrons. The molecule has 0 radical (unpaired) electrons. The van der Waals surface area contributed by atoms with Crippen molar-refractivity contribution in [3.05, 3.63) is 12.2 Å². The summed E-state index contributed by atoms with van der Waals surface area (Å²) in [5.74, 6) is 0.0495. The smallest absolute Gasteiger partial charge is 0.309 e. The SMILES string of the molecule is C=C1CC[C@@H]2[C@](C)(CCC[C@]2(C)C(=O)O)[C@@H]1C[C@H](O)[C@@H](C)CC. The van der Waals surface area contributed by atoms with Crippen LogP contribution in [0.15, 0.2) is 12.2 Å². The van der Waals surface area contributed by atoms with Crippen molar-refractivity contribution in [3.8, 4) is 0 Å². The minimum Gasteiger partial charge on any atom is -0.481 e. The average Bonchev–Trinajstić information content (AvgIpc) is 2.49. The van der Waals surface area contributed by atoms with E-state index in [1.165, 1.54) is 5.57 Å². The normalized spacial score (nSPS) is 40.3. The zero-order chi connectivity index (χ0) is 17.4. The predicted octanol–water partition coefficient (Wildman–Crippen LogP) is 4.65. The number of carboxylic acid groups (broad SMARTS) is 1.